The number of nitrogens with one attached hydrogen (secondary N) is 2. The molecule has 2 aliphatic rings. The van der Waals surface area contributed by atoms with Crippen molar-refractivity contribution in [1.29, 1.82) is 5.26 Å². The number of anilines is 1. The third-order valence-corrected chi connectivity index (χ3v) is 6.83. The second-order valence-corrected chi connectivity index (χ2v) is 9.13. The second kappa shape index (κ2) is 9.46. The SMILES string of the molecule is Cc1cccc(NC(=O)CSC2=C(C#N)C(c3ccccc3C)C3=C(CCCC3=O)N2)c1. The van der Waals surface area contributed by atoms with Gasteiger partial charge < -0.3 is 10.6 Å². The number of dihydropyridines is 1. The molecule has 0 fully saturated rings. The maximum atomic E-state index is 12.9. The maximum absolute atomic E-state index is 12.9. The number of nitrogens with zero attached hydrogens (tertiary/aromatic N) is 1. The van der Waals surface area contributed by atoms with Crippen molar-refractivity contribution in [2.24, 2.45) is 0 Å². The Bertz CT molecular complexity index is 1190. The zero-order valence-electron chi connectivity index (χ0n) is 18.2. The van der Waals surface area contributed by atoms with Crippen LogP contribution in [-0.2, 0) is 9.59 Å². The van der Waals surface area contributed by atoms with E-state index in [0.717, 1.165) is 40.9 Å². The van der Waals surface area contributed by atoms with Crippen LogP contribution < -0.4 is 10.6 Å². The Labute approximate surface area is 192 Å². The lowest BCUT2D eigenvalue weighted by Crippen LogP contribution is -2.32. The van der Waals surface area contributed by atoms with Gasteiger partial charge >= 0.3 is 0 Å². The van der Waals surface area contributed by atoms with Gasteiger partial charge in [-0.1, -0.05) is 48.2 Å². The van der Waals surface area contributed by atoms with E-state index in [1.807, 2.05) is 62.4 Å². The molecule has 162 valence electrons. The van der Waals surface area contributed by atoms with E-state index in [0.29, 0.717) is 22.6 Å². The van der Waals surface area contributed by atoms with Crippen LogP contribution in [0.15, 0.2) is 70.4 Å². The van der Waals surface area contributed by atoms with E-state index in [9.17, 15) is 14.9 Å². The van der Waals surface area contributed by atoms with Crippen molar-refractivity contribution in [2.45, 2.75) is 39.0 Å². The van der Waals surface area contributed by atoms with Gasteiger partial charge in [-0.15, -0.1) is 0 Å². The lowest BCUT2D eigenvalue weighted by atomic mass is 9.76. The van der Waals surface area contributed by atoms with Gasteiger partial charge in [-0.25, -0.2) is 0 Å². The van der Waals surface area contributed by atoms with Crippen LogP contribution in [0.25, 0.3) is 0 Å². The van der Waals surface area contributed by atoms with Crippen molar-refractivity contribution in [3.8, 4) is 6.07 Å². The summed E-state index contributed by atoms with van der Waals surface area (Å²) < 4.78 is 0. The molecular formula is C26H25N3O2S. The summed E-state index contributed by atoms with van der Waals surface area (Å²) in [6, 6.07) is 17.9. The molecule has 2 aromatic carbocycles. The van der Waals surface area contributed by atoms with Crippen LogP contribution in [-0.4, -0.2) is 17.4 Å². The van der Waals surface area contributed by atoms with Gasteiger partial charge in [-0.05, 0) is 55.5 Å². The fourth-order valence-corrected chi connectivity index (χ4v) is 5.18. The monoisotopic (exact) mass is 443 g/mol. The molecule has 1 unspecified atom stereocenters. The van der Waals surface area contributed by atoms with E-state index in [2.05, 4.69) is 16.7 Å². The number of thioether (sulfide) groups is 1. The molecule has 0 bridgehead atoms. The third kappa shape index (κ3) is 4.49. The number of rotatable bonds is 5. The van der Waals surface area contributed by atoms with E-state index >= 15 is 0 Å². The van der Waals surface area contributed by atoms with Gasteiger partial charge in [0.25, 0.3) is 0 Å². The smallest absolute Gasteiger partial charge is 0.234 e. The molecule has 5 nitrogen and oxygen atoms in total. The minimum atomic E-state index is -0.396. The van der Waals surface area contributed by atoms with Gasteiger partial charge in [0.2, 0.25) is 5.91 Å². The molecule has 6 heteroatoms. The van der Waals surface area contributed by atoms with E-state index in [1.54, 1.807) is 0 Å². The first-order valence-electron chi connectivity index (χ1n) is 10.7. The minimum absolute atomic E-state index is 0.0981. The topological polar surface area (TPSA) is 82.0 Å². The van der Waals surface area contributed by atoms with Crippen molar-refractivity contribution < 1.29 is 9.59 Å². The lowest BCUT2D eigenvalue weighted by molar-refractivity contribution is -0.116. The number of nitriles is 1. The quantitative estimate of drug-likeness (QED) is 0.671. The van der Waals surface area contributed by atoms with Crippen LogP contribution >= 0.6 is 11.8 Å². The van der Waals surface area contributed by atoms with Crippen molar-refractivity contribution in [3.63, 3.8) is 0 Å². The summed E-state index contributed by atoms with van der Waals surface area (Å²) in [5, 5.41) is 17.0. The van der Waals surface area contributed by atoms with E-state index in [4.69, 9.17) is 0 Å². The van der Waals surface area contributed by atoms with Gasteiger partial charge in [0, 0.05) is 23.4 Å². The minimum Gasteiger partial charge on any atom is -0.352 e. The molecule has 0 saturated carbocycles. The van der Waals surface area contributed by atoms with Gasteiger partial charge in [0.05, 0.1) is 28.3 Å². The van der Waals surface area contributed by atoms with E-state index in [-0.39, 0.29) is 17.4 Å². The predicted molar refractivity (Wildman–Crippen MR) is 128 cm³/mol. The van der Waals surface area contributed by atoms with E-state index < -0.39 is 5.92 Å². The van der Waals surface area contributed by atoms with Gasteiger partial charge in [0.15, 0.2) is 5.78 Å². The molecule has 0 aromatic heterocycles. The molecule has 0 saturated heterocycles. The fourth-order valence-electron chi connectivity index (χ4n) is 4.32. The standard InChI is InChI=1S/C26H25N3O2S/c1-16-7-5-9-18(13-16)28-23(31)15-32-26-20(14-27)24(19-10-4-3-8-17(19)2)25-21(29-26)11-6-12-22(25)30/h3-5,7-10,13,24,29H,6,11-12,15H2,1-2H3,(H,28,31). The average molecular weight is 444 g/mol. The highest BCUT2D eigenvalue weighted by Crippen LogP contribution is 2.44. The Hall–Kier alpha value is -3.30. The number of Topliss-reactive ketones (excluding diaryl/α,β-unsaturated/α-hetero) is 1. The lowest BCUT2D eigenvalue weighted by Gasteiger charge is -2.33. The highest BCUT2D eigenvalue weighted by atomic mass is 32.2. The van der Waals surface area contributed by atoms with Gasteiger partial charge in [-0.3, -0.25) is 9.59 Å². The zero-order valence-corrected chi connectivity index (χ0v) is 19.0. The molecule has 1 aliphatic heterocycles. The normalized spacial score (nSPS) is 18.0. The van der Waals surface area contributed by atoms with Crippen LogP contribution in [0.1, 0.15) is 41.9 Å². The Balaban J connectivity index is 1.63. The molecule has 0 spiro atoms. The maximum Gasteiger partial charge on any atom is 0.234 e. The Morgan fingerprint density at radius 1 is 1.19 bits per heavy atom. The molecule has 32 heavy (non-hydrogen) atoms. The predicted octanol–water partition coefficient (Wildman–Crippen LogP) is 5.10. The van der Waals surface area contributed by atoms with Crippen molar-refractivity contribution >= 4 is 29.1 Å². The molecule has 1 heterocycles. The van der Waals surface area contributed by atoms with Gasteiger partial charge in [-0.2, -0.15) is 5.26 Å². The van der Waals surface area contributed by atoms with Crippen LogP contribution in [0.4, 0.5) is 5.69 Å². The number of hydrogen-bond donors (Lipinski definition) is 2. The number of benzene rings is 2. The van der Waals surface area contributed by atoms with Crippen LogP contribution in [0.3, 0.4) is 0 Å². The molecule has 1 atom stereocenters. The molecule has 2 N–H and O–H groups in total. The largest absolute Gasteiger partial charge is 0.352 e. The molecule has 1 aliphatic carbocycles. The first-order valence-corrected chi connectivity index (χ1v) is 11.7. The zero-order chi connectivity index (χ0) is 22.7. The molecule has 2 aromatic rings. The number of aryl methyl sites for hydroxylation is 2. The molecule has 4 rings (SSSR count). The number of amides is 1. The summed E-state index contributed by atoms with van der Waals surface area (Å²) in [5.41, 5.74) is 5.92. The fraction of sp³-hybridized carbons (Fsp3) is 0.269. The van der Waals surface area contributed by atoms with Crippen molar-refractivity contribution in [1.82, 2.24) is 5.32 Å². The summed E-state index contributed by atoms with van der Waals surface area (Å²) >= 11 is 1.31. The second-order valence-electron chi connectivity index (χ2n) is 8.14. The first kappa shape index (κ1) is 21.9. The number of carbonyl (C=O) groups is 2. The molecule has 1 amide bonds. The van der Waals surface area contributed by atoms with Crippen LogP contribution in [0, 0.1) is 25.2 Å². The highest BCUT2D eigenvalue weighted by Gasteiger charge is 2.37. The third-order valence-electron chi connectivity index (χ3n) is 5.81. The first-order chi connectivity index (χ1) is 15.5. The summed E-state index contributed by atoms with van der Waals surface area (Å²) in [5.74, 6) is -0.272. The van der Waals surface area contributed by atoms with E-state index in [1.165, 1.54) is 11.8 Å². The Morgan fingerprint density at radius 3 is 2.75 bits per heavy atom. The number of hydrogen-bond acceptors (Lipinski definition) is 5. The highest BCUT2D eigenvalue weighted by molar-refractivity contribution is 8.03. The van der Waals surface area contributed by atoms with Crippen LogP contribution in [0.5, 0.6) is 0 Å². The van der Waals surface area contributed by atoms with Crippen molar-refractivity contribution in [2.75, 3.05) is 11.1 Å². The summed E-state index contributed by atoms with van der Waals surface area (Å²) in [7, 11) is 0. The Morgan fingerprint density at radius 2 is 2.00 bits per heavy atom. The average Bonchev–Trinajstić information content (AvgIpc) is 2.77. The van der Waals surface area contributed by atoms with Crippen molar-refractivity contribution in [3.05, 3.63) is 87.1 Å². The Kier molecular flexibility index (Phi) is 6.48. The number of carbonyl (C=O) groups excluding carboxylic acids is 2. The number of ketones is 1. The molecule has 0 radical (unpaired) electrons. The summed E-state index contributed by atoms with van der Waals surface area (Å²) in [6.07, 6.45) is 2.06. The van der Waals surface area contributed by atoms with Crippen LogP contribution in [0.2, 0.25) is 0 Å². The summed E-state index contributed by atoms with van der Waals surface area (Å²) in [4.78, 5) is 25.5. The number of allylic oxidation sites excluding steroid dienone is 3. The van der Waals surface area contributed by atoms with Gasteiger partial charge in [0.1, 0.15) is 0 Å². The summed E-state index contributed by atoms with van der Waals surface area (Å²) in [6.45, 7) is 3.98. The molecular weight excluding hydrogens is 418 g/mol.